The maximum Gasteiger partial charge on any atom is 0.309 e. The summed E-state index contributed by atoms with van der Waals surface area (Å²) in [5.74, 6) is -0.958. The van der Waals surface area contributed by atoms with Crippen LogP contribution in [0.4, 0.5) is 0 Å². The highest BCUT2D eigenvalue weighted by molar-refractivity contribution is 5.99. The molecule has 1 fully saturated rings. The molecule has 0 saturated carbocycles. The zero-order chi connectivity index (χ0) is 25.2. The highest BCUT2D eigenvalue weighted by Gasteiger charge is 2.35. The van der Waals surface area contributed by atoms with E-state index in [1.54, 1.807) is 6.92 Å². The molecule has 0 radical (unpaired) electrons. The second-order valence-corrected chi connectivity index (χ2v) is 8.77. The molecule has 3 rings (SSSR count). The average Bonchev–Trinajstić information content (AvgIpc) is 2.85. The predicted octanol–water partition coefficient (Wildman–Crippen LogP) is 4.73. The first-order valence-corrected chi connectivity index (χ1v) is 12.2. The number of para-hydroxylation sites is 1. The molecular weight excluding hydrogens is 450 g/mol. The van der Waals surface area contributed by atoms with Crippen molar-refractivity contribution in [3.63, 3.8) is 0 Å². The van der Waals surface area contributed by atoms with Crippen molar-refractivity contribution in [2.75, 3.05) is 13.7 Å². The van der Waals surface area contributed by atoms with Gasteiger partial charge in [-0.3, -0.25) is 9.59 Å². The normalized spacial score (nSPS) is 23.2. The first-order chi connectivity index (χ1) is 16.9. The largest absolute Gasteiger partial charge is 0.503 e. The van der Waals surface area contributed by atoms with Crippen molar-refractivity contribution in [1.29, 1.82) is 0 Å². The summed E-state index contributed by atoms with van der Waals surface area (Å²) in [6.45, 7) is 4.34. The number of methoxy groups -OCH3 is 1. The first-order valence-electron chi connectivity index (χ1n) is 12.2. The lowest BCUT2D eigenvalue weighted by molar-refractivity contribution is -0.168. The van der Waals surface area contributed by atoms with Crippen LogP contribution in [0.1, 0.15) is 62.9 Å². The van der Waals surface area contributed by atoms with Crippen molar-refractivity contribution >= 4 is 11.8 Å². The highest BCUT2D eigenvalue weighted by Crippen LogP contribution is 2.31. The number of hydrogen-bond acceptors (Lipinski definition) is 8. The Hall–Kier alpha value is -3.13. The van der Waals surface area contributed by atoms with Crippen LogP contribution in [0, 0.1) is 5.92 Å². The Morgan fingerprint density at radius 2 is 1.91 bits per heavy atom. The van der Waals surface area contributed by atoms with Crippen LogP contribution in [0.15, 0.2) is 42.6 Å². The molecule has 190 valence electrons. The van der Waals surface area contributed by atoms with E-state index in [1.807, 2.05) is 37.3 Å². The number of hydrogen-bond donors (Lipinski definition) is 1. The van der Waals surface area contributed by atoms with E-state index in [9.17, 15) is 14.7 Å². The molecule has 2 heterocycles. The molecule has 1 aliphatic rings. The molecule has 1 aromatic carbocycles. The van der Waals surface area contributed by atoms with Crippen LogP contribution in [0.2, 0.25) is 0 Å². The molecule has 8 nitrogen and oxygen atoms in total. The zero-order valence-electron chi connectivity index (χ0n) is 20.6. The minimum atomic E-state index is -0.643. The number of cyclic esters (lactones) is 1. The second-order valence-electron chi connectivity index (χ2n) is 8.77. The van der Waals surface area contributed by atoms with Gasteiger partial charge in [0.1, 0.15) is 24.1 Å². The Balaban J connectivity index is 1.75. The van der Waals surface area contributed by atoms with Crippen molar-refractivity contribution in [1.82, 2.24) is 4.98 Å². The van der Waals surface area contributed by atoms with E-state index in [4.69, 9.17) is 18.9 Å². The molecule has 4 atom stereocenters. The van der Waals surface area contributed by atoms with Gasteiger partial charge in [0.25, 0.3) is 0 Å². The number of carbonyl (C=O) groups is 2. The fourth-order valence-corrected chi connectivity index (χ4v) is 4.27. The smallest absolute Gasteiger partial charge is 0.309 e. The molecule has 0 aliphatic carbocycles. The summed E-state index contributed by atoms with van der Waals surface area (Å²) in [7, 11) is 1.40. The zero-order valence-corrected chi connectivity index (χ0v) is 20.6. The number of ether oxygens (including phenoxy) is 4. The van der Waals surface area contributed by atoms with Gasteiger partial charge in [0.2, 0.25) is 0 Å². The Labute approximate surface area is 206 Å². The minimum absolute atomic E-state index is 0.107. The number of aromatic hydroxyl groups is 1. The van der Waals surface area contributed by atoms with Gasteiger partial charge in [0.15, 0.2) is 23.0 Å². The average molecular weight is 486 g/mol. The predicted molar refractivity (Wildman–Crippen MR) is 130 cm³/mol. The molecule has 0 bridgehead atoms. The lowest BCUT2D eigenvalue weighted by Crippen LogP contribution is -2.45. The third-order valence-electron chi connectivity index (χ3n) is 6.10. The van der Waals surface area contributed by atoms with E-state index < -0.39 is 29.9 Å². The monoisotopic (exact) mass is 485 g/mol. The molecule has 1 N–H and O–H groups in total. The van der Waals surface area contributed by atoms with Crippen molar-refractivity contribution < 1.29 is 33.6 Å². The molecule has 0 spiro atoms. The summed E-state index contributed by atoms with van der Waals surface area (Å²) >= 11 is 0. The number of benzene rings is 1. The lowest BCUT2D eigenvalue weighted by atomic mass is 9.92. The number of nitrogens with zero attached hydrogens (tertiary/aromatic N) is 1. The third kappa shape index (κ3) is 7.18. The molecule has 35 heavy (non-hydrogen) atoms. The number of ketones is 1. The van der Waals surface area contributed by atoms with Gasteiger partial charge in [-0.25, -0.2) is 4.98 Å². The molecular formula is C27H35NO7. The fourth-order valence-electron chi connectivity index (χ4n) is 4.27. The van der Waals surface area contributed by atoms with Gasteiger partial charge < -0.3 is 24.1 Å². The summed E-state index contributed by atoms with van der Waals surface area (Å²) in [5, 5.41) is 10.3. The molecule has 8 heteroatoms. The van der Waals surface area contributed by atoms with E-state index >= 15 is 0 Å². The van der Waals surface area contributed by atoms with Gasteiger partial charge in [0, 0.05) is 25.3 Å². The summed E-state index contributed by atoms with van der Waals surface area (Å²) in [6, 6.07) is 11.0. The van der Waals surface area contributed by atoms with Crippen molar-refractivity contribution in [3.8, 4) is 17.2 Å². The summed E-state index contributed by atoms with van der Waals surface area (Å²) in [5.41, 5.74) is -0.109. The maximum atomic E-state index is 13.1. The second kappa shape index (κ2) is 13.1. The Bertz CT molecular complexity index is 965. The van der Waals surface area contributed by atoms with Crippen LogP contribution in [0.3, 0.4) is 0 Å². The highest BCUT2D eigenvalue weighted by atomic mass is 16.6. The summed E-state index contributed by atoms with van der Waals surface area (Å²) in [6.07, 6.45) is 3.55. The maximum absolute atomic E-state index is 13.1. The van der Waals surface area contributed by atoms with Crippen LogP contribution in [0.5, 0.6) is 17.2 Å². The van der Waals surface area contributed by atoms with Gasteiger partial charge in [-0.15, -0.1) is 0 Å². The van der Waals surface area contributed by atoms with Crippen LogP contribution in [-0.2, 0) is 14.3 Å². The third-order valence-corrected chi connectivity index (χ3v) is 6.10. The summed E-state index contributed by atoms with van der Waals surface area (Å²) < 4.78 is 23.3. The van der Waals surface area contributed by atoms with Crippen LogP contribution < -0.4 is 9.47 Å². The van der Waals surface area contributed by atoms with E-state index in [2.05, 4.69) is 4.98 Å². The van der Waals surface area contributed by atoms with E-state index in [1.165, 1.54) is 19.4 Å². The number of carbonyl (C=O) groups excluding carboxylic acids is 2. The standard InChI is InChI=1S/C27H35NO7/c1-4-16-33-26-18(2)34-27(31)19(17-21(29)24-25(30)22(32-3)14-15-28-24)10-8-9-13-23(26)35-20-11-6-5-7-12-20/h5-7,11-12,14-15,18-19,23,26,30H,4,8-10,13,16-17H2,1-3H3/t18-,19+,23-,26-/m0/s1. The molecule has 2 aromatic rings. The first kappa shape index (κ1) is 26.5. The van der Waals surface area contributed by atoms with Gasteiger partial charge in [-0.2, -0.15) is 0 Å². The molecule has 1 aromatic heterocycles. The van der Waals surface area contributed by atoms with Crippen LogP contribution in [-0.4, -0.2) is 53.9 Å². The van der Waals surface area contributed by atoms with Gasteiger partial charge in [-0.1, -0.05) is 31.5 Å². The molecule has 0 unspecified atom stereocenters. The van der Waals surface area contributed by atoms with E-state index in [0.717, 1.165) is 25.0 Å². The van der Waals surface area contributed by atoms with Crippen LogP contribution >= 0.6 is 0 Å². The number of pyridine rings is 1. The van der Waals surface area contributed by atoms with Crippen molar-refractivity contribution in [3.05, 3.63) is 48.3 Å². The topological polar surface area (TPSA) is 104 Å². The quantitative estimate of drug-likeness (QED) is 0.401. The number of aromatic nitrogens is 1. The van der Waals surface area contributed by atoms with E-state index in [-0.39, 0.29) is 29.7 Å². The van der Waals surface area contributed by atoms with Crippen molar-refractivity contribution in [2.24, 2.45) is 5.92 Å². The van der Waals surface area contributed by atoms with Crippen molar-refractivity contribution in [2.45, 2.75) is 70.7 Å². The Kier molecular flexibility index (Phi) is 9.90. The number of rotatable bonds is 9. The Morgan fingerprint density at radius 3 is 2.63 bits per heavy atom. The lowest BCUT2D eigenvalue weighted by Gasteiger charge is -2.33. The van der Waals surface area contributed by atoms with Gasteiger partial charge in [-0.05, 0) is 44.7 Å². The van der Waals surface area contributed by atoms with Gasteiger partial charge in [0.05, 0.1) is 13.0 Å². The fraction of sp³-hybridized carbons (Fsp3) is 0.519. The SMILES string of the molecule is CCCO[C@H]1[C@H](C)OC(=O)[C@@H](CC(=O)c2nccc(OC)c2O)CCCC[C@@H]1Oc1ccccc1. The molecule has 1 aliphatic heterocycles. The van der Waals surface area contributed by atoms with Gasteiger partial charge >= 0.3 is 5.97 Å². The minimum Gasteiger partial charge on any atom is -0.503 e. The number of Topliss-reactive ketones (excluding diaryl/α,β-unsaturated/α-hetero) is 1. The van der Waals surface area contributed by atoms with E-state index in [0.29, 0.717) is 19.4 Å². The van der Waals surface area contributed by atoms with Crippen LogP contribution in [0.25, 0.3) is 0 Å². The summed E-state index contributed by atoms with van der Waals surface area (Å²) in [4.78, 5) is 30.0. The number of esters is 1. The Morgan fingerprint density at radius 1 is 1.17 bits per heavy atom. The molecule has 0 amide bonds. The molecule has 1 saturated heterocycles.